The maximum Gasteiger partial charge on any atom is 0.282 e. The van der Waals surface area contributed by atoms with Gasteiger partial charge >= 0.3 is 0 Å². The molecule has 1 aliphatic rings. The maximum absolute atomic E-state index is 13.3. The summed E-state index contributed by atoms with van der Waals surface area (Å²) in [4.78, 5) is 28.5. The molecule has 2 heterocycles. The number of thiophene rings is 1. The third-order valence-electron chi connectivity index (χ3n) is 4.59. The Balaban J connectivity index is 1.81. The Hall–Kier alpha value is -2.70. The van der Waals surface area contributed by atoms with Gasteiger partial charge in [-0.1, -0.05) is 34.1 Å². The molecule has 0 unspecified atom stereocenters. The number of hydrogen-bond donors (Lipinski definition) is 1. The van der Waals surface area contributed by atoms with Crippen molar-refractivity contribution in [3.8, 4) is 0 Å². The fourth-order valence-electron chi connectivity index (χ4n) is 3.12. The van der Waals surface area contributed by atoms with Gasteiger partial charge in [-0.3, -0.25) is 9.59 Å². The number of carbonyl (C=O) groups is 2. The fourth-order valence-corrected chi connectivity index (χ4v) is 4.16. The Morgan fingerprint density at radius 2 is 1.71 bits per heavy atom. The van der Waals surface area contributed by atoms with Crippen molar-refractivity contribution in [3.63, 3.8) is 0 Å². The zero-order valence-corrected chi connectivity index (χ0v) is 17.7. The monoisotopic (exact) mass is 452 g/mol. The number of nitrogens with one attached hydrogen (secondary N) is 1. The zero-order chi connectivity index (χ0) is 19.8. The number of rotatable bonds is 4. The number of benzene rings is 2. The lowest BCUT2D eigenvalue weighted by Crippen LogP contribution is -2.32. The van der Waals surface area contributed by atoms with E-state index >= 15 is 0 Å². The van der Waals surface area contributed by atoms with E-state index in [9.17, 15) is 9.59 Å². The predicted molar refractivity (Wildman–Crippen MR) is 117 cm³/mol. The number of halogens is 1. The summed E-state index contributed by atoms with van der Waals surface area (Å²) in [6.45, 7) is 3.97. The molecule has 1 aliphatic heterocycles. The maximum atomic E-state index is 13.3. The van der Waals surface area contributed by atoms with Crippen LogP contribution < -0.4 is 10.2 Å². The van der Waals surface area contributed by atoms with Gasteiger partial charge in [0.15, 0.2) is 0 Å². The number of imide groups is 1. The first-order valence-corrected chi connectivity index (χ1v) is 10.4. The summed E-state index contributed by atoms with van der Waals surface area (Å²) in [5.74, 6) is -0.667. The lowest BCUT2D eigenvalue weighted by atomic mass is 10.1. The van der Waals surface area contributed by atoms with Gasteiger partial charge in [0.05, 0.1) is 11.3 Å². The average molecular weight is 453 g/mol. The molecule has 6 heteroatoms. The number of amides is 2. The molecule has 0 radical (unpaired) electrons. The molecular weight excluding hydrogens is 436 g/mol. The van der Waals surface area contributed by atoms with E-state index in [0.717, 1.165) is 26.2 Å². The molecule has 28 heavy (non-hydrogen) atoms. The summed E-state index contributed by atoms with van der Waals surface area (Å²) in [6, 6.07) is 16.9. The van der Waals surface area contributed by atoms with E-state index in [1.165, 1.54) is 16.2 Å². The topological polar surface area (TPSA) is 49.4 Å². The molecule has 1 aromatic heterocycles. The predicted octanol–water partition coefficient (Wildman–Crippen LogP) is 5.52. The number of aryl methyl sites for hydroxylation is 2. The molecule has 0 fully saturated rings. The van der Waals surface area contributed by atoms with Crippen LogP contribution in [0, 0.1) is 13.8 Å². The summed E-state index contributed by atoms with van der Waals surface area (Å²) >= 11 is 4.83. The highest BCUT2D eigenvalue weighted by Gasteiger charge is 2.40. The van der Waals surface area contributed by atoms with Crippen LogP contribution >= 0.6 is 27.3 Å². The molecule has 140 valence electrons. The van der Waals surface area contributed by atoms with E-state index in [4.69, 9.17) is 0 Å². The minimum Gasteiger partial charge on any atom is -0.350 e. The smallest absolute Gasteiger partial charge is 0.282 e. The van der Waals surface area contributed by atoms with E-state index in [-0.39, 0.29) is 11.8 Å². The van der Waals surface area contributed by atoms with Crippen molar-refractivity contribution in [1.29, 1.82) is 0 Å². The van der Waals surface area contributed by atoms with Crippen molar-refractivity contribution in [2.24, 2.45) is 0 Å². The first-order chi connectivity index (χ1) is 13.5. The van der Waals surface area contributed by atoms with Crippen LogP contribution in [0.25, 0.3) is 5.57 Å². The van der Waals surface area contributed by atoms with Crippen LogP contribution in [0.5, 0.6) is 0 Å². The quantitative estimate of drug-likeness (QED) is 0.529. The van der Waals surface area contributed by atoms with E-state index in [0.29, 0.717) is 17.0 Å². The van der Waals surface area contributed by atoms with E-state index in [1.807, 2.05) is 61.7 Å². The number of carbonyl (C=O) groups excluding carboxylic acids is 2. The number of nitrogens with zero attached hydrogens (tertiary/aromatic N) is 1. The molecule has 1 N–H and O–H groups in total. The highest BCUT2D eigenvalue weighted by atomic mass is 79.9. The summed E-state index contributed by atoms with van der Waals surface area (Å²) in [5, 5.41) is 5.15. The molecule has 2 amide bonds. The summed E-state index contributed by atoms with van der Waals surface area (Å²) < 4.78 is 0.885. The van der Waals surface area contributed by atoms with Crippen LogP contribution in [0.4, 0.5) is 11.4 Å². The van der Waals surface area contributed by atoms with Gasteiger partial charge in [0.25, 0.3) is 11.8 Å². The standard InChI is InChI=1S/C22H17BrN2O2S/c1-13-5-6-14(2)17(12-13)24-20-19(18-4-3-11-28-18)21(26)25(22(20)27)16-9-7-15(23)8-10-16/h3-12,24H,1-2H3. The van der Waals surface area contributed by atoms with Crippen molar-refractivity contribution < 1.29 is 9.59 Å². The van der Waals surface area contributed by atoms with Gasteiger partial charge < -0.3 is 5.32 Å². The van der Waals surface area contributed by atoms with Crippen LogP contribution in [0.2, 0.25) is 0 Å². The zero-order valence-electron chi connectivity index (χ0n) is 15.3. The van der Waals surface area contributed by atoms with Crippen molar-refractivity contribution in [2.45, 2.75) is 13.8 Å². The third kappa shape index (κ3) is 3.30. The molecule has 2 aromatic carbocycles. The van der Waals surface area contributed by atoms with Crippen LogP contribution in [-0.4, -0.2) is 11.8 Å². The lowest BCUT2D eigenvalue weighted by Gasteiger charge is -2.16. The van der Waals surface area contributed by atoms with Gasteiger partial charge in [0.2, 0.25) is 0 Å². The van der Waals surface area contributed by atoms with Crippen LogP contribution in [-0.2, 0) is 9.59 Å². The van der Waals surface area contributed by atoms with Crippen LogP contribution in [0.3, 0.4) is 0 Å². The highest BCUT2D eigenvalue weighted by molar-refractivity contribution is 9.10. The Labute approximate surface area is 175 Å². The third-order valence-corrected chi connectivity index (χ3v) is 6.01. The number of anilines is 2. The molecule has 0 atom stereocenters. The van der Waals surface area contributed by atoms with Crippen molar-refractivity contribution in [2.75, 3.05) is 10.2 Å². The summed E-state index contributed by atoms with van der Waals surface area (Å²) in [5.41, 5.74) is 4.17. The van der Waals surface area contributed by atoms with E-state index in [2.05, 4.69) is 21.2 Å². The second-order valence-electron chi connectivity index (χ2n) is 6.59. The minimum absolute atomic E-state index is 0.309. The SMILES string of the molecule is Cc1ccc(C)c(NC2=C(c3cccs3)C(=O)N(c3ccc(Br)cc3)C2=O)c1. The molecule has 4 nitrogen and oxygen atoms in total. The summed E-state index contributed by atoms with van der Waals surface area (Å²) in [6.07, 6.45) is 0. The minimum atomic E-state index is -0.350. The second kappa shape index (κ2) is 7.37. The molecule has 0 spiro atoms. The Bertz CT molecular complexity index is 1100. The first-order valence-electron chi connectivity index (χ1n) is 8.72. The van der Waals surface area contributed by atoms with Crippen molar-refractivity contribution >= 4 is 56.0 Å². The van der Waals surface area contributed by atoms with Crippen molar-refractivity contribution in [1.82, 2.24) is 0 Å². The Morgan fingerprint density at radius 3 is 2.39 bits per heavy atom. The van der Waals surface area contributed by atoms with Crippen LogP contribution in [0.1, 0.15) is 16.0 Å². The molecule has 0 bridgehead atoms. The Morgan fingerprint density at radius 1 is 0.964 bits per heavy atom. The lowest BCUT2D eigenvalue weighted by molar-refractivity contribution is -0.120. The van der Waals surface area contributed by atoms with Gasteiger partial charge in [-0.25, -0.2) is 4.90 Å². The van der Waals surface area contributed by atoms with Gasteiger partial charge in [0, 0.05) is 15.0 Å². The highest BCUT2D eigenvalue weighted by Crippen LogP contribution is 2.36. The van der Waals surface area contributed by atoms with E-state index in [1.54, 1.807) is 12.1 Å². The number of hydrogen-bond acceptors (Lipinski definition) is 4. The van der Waals surface area contributed by atoms with Gasteiger partial charge in [-0.2, -0.15) is 0 Å². The second-order valence-corrected chi connectivity index (χ2v) is 8.46. The molecule has 0 saturated heterocycles. The molecular formula is C22H17BrN2O2S. The molecule has 4 rings (SSSR count). The molecule has 3 aromatic rings. The molecule has 0 saturated carbocycles. The normalized spacial score (nSPS) is 14.2. The Kier molecular flexibility index (Phi) is 4.91. The first kappa shape index (κ1) is 18.7. The van der Waals surface area contributed by atoms with E-state index < -0.39 is 0 Å². The average Bonchev–Trinajstić information content (AvgIpc) is 3.27. The fraction of sp³-hybridized carbons (Fsp3) is 0.0909. The summed E-state index contributed by atoms with van der Waals surface area (Å²) in [7, 11) is 0. The van der Waals surface area contributed by atoms with Gasteiger partial charge in [0.1, 0.15) is 5.70 Å². The van der Waals surface area contributed by atoms with Gasteiger partial charge in [-0.15, -0.1) is 11.3 Å². The van der Waals surface area contributed by atoms with Crippen molar-refractivity contribution in [3.05, 3.63) is 86.2 Å². The largest absolute Gasteiger partial charge is 0.350 e. The molecule has 0 aliphatic carbocycles. The van der Waals surface area contributed by atoms with Crippen LogP contribution in [0.15, 0.2) is 70.1 Å². The van der Waals surface area contributed by atoms with Gasteiger partial charge in [-0.05, 0) is 66.8 Å².